The van der Waals surface area contributed by atoms with Gasteiger partial charge in [0.05, 0.1) is 12.2 Å². The monoisotopic (exact) mass is 452 g/mol. The fraction of sp³-hybridized carbons (Fsp3) is 0.360. The summed E-state index contributed by atoms with van der Waals surface area (Å²) in [5.41, 5.74) is 7.48. The van der Waals surface area contributed by atoms with Crippen LogP contribution in [0.2, 0.25) is 0 Å². The smallest absolute Gasteiger partial charge is 0.224 e. The molecule has 168 valence electrons. The second kappa shape index (κ2) is 9.28. The molecule has 0 radical (unpaired) electrons. The zero-order chi connectivity index (χ0) is 22.7. The summed E-state index contributed by atoms with van der Waals surface area (Å²) in [6.07, 6.45) is 5.26. The van der Waals surface area contributed by atoms with E-state index in [0.717, 1.165) is 71.2 Å². The van der Waals surface area contributed by atoms with Gasteiger partial charge in [0, 0.05) is 29.5 Å². The highest BCUT2D eigenvalue weighted by Gasteiger charge is 2.25. The predicted octanol–water partition coefficient (Wildman–Crippen LogP) is 3.76. The number of aryl methyl sites for hydroxylation is 2. The van der Waals surface area contributed by atoms with Gasteiger partial charge in [0.25, 0.3) is 0 Å². The number of hydrogen-bond acceptors (Lipinski definition) is 5. The summed E-state index contributed by atoms with van der Waals surface area (Å²) in [4.78, 5) is 12.2. The van der Waals surface area contributed by atoms with Crippen LogP contribution in [0.25, 0.3) is 22.6 Å². The van der Waals surface area contributed by atoms with Crippen LogP contribution in [0.1, 0.15) is 35.6 Å². The Hall–Kier alpha value is -2.93. The Morgan fingerprint density at radius 3 is 2.56 bits per heavy atom. The van der Waals surface area contributed by atoms with Crippen LogP contribution in [0.5, 0.6) is 0 Å². The Kier molecular flexibility index (Phi) is 6.46. The molecule has 1 aliphatic carbocycles. The molecule has 32 heavy (non-hydrogen) atoms. The first-order chi connectivity index (χ1) is 15.3. The van der Waals surface area contributed by atoms with Crippen molar-refractivity contribution in [3.05, 3.63) is 64.7 Å². The highest BCUT2D eigenvalue weighted by molar-refractivity contribution is 7.90. The van der Waals surface area contributed by atoms with Crippen molar-refractivity contribution in [1.29, 1.82) is 0 Å². The number of nitrogens with zero attached hydrogens (tertiary/aromatic N) is 1. The Morgan fingerprint density at radius 2 is 1.84 bits per heavy atom. The molecule has 1 aliphatic rings. The molecule has 0 aliphatic heterocycles. The molecule has 1 heterocycles. The molecule has 0 spiro atoms. The lowest BCUT2D eigenvalue weighted by Crippen LogP contribution is -2.30. The number of carbonyl (C=O) groups excluding carboxylic acids is 1. The SMILES string of the molecule is CCCc1ccc(-c2onc3c2CCc2cc(CC(=O)NCCS(C)(=O)=O)ccc2-3)cc1. The maximum atomic E-state index is 12.2. The minimum absolute atomic E-state index is 0.0540. The van der Waals surface area contributed by atoms with E-state index in [2.05, 4.69) is 41.7 Å². The van der Waals surface area contributed by atoms with Crippen LogP contribution in [-0.2, 0) is 40.3 Å². The maximum Gasteiger partial charge on any atom is 0.224 e. The topological polar surface area (TPSA) is 89.3 Å². The molecule has 7 heteroatoms. The molecule has 1 aromatic heterocycles. The van der Waals surface area contributed by atoms with Crippen molar-refractivity contribution in [1.82, 2.24) is 10.5 Å². The summed E-state index contributed by atoms with van der Waals surface area (Å²) in [6, 6.07) is 14.5. The average molecular weight is 453 g/mol. The van der Waals surface area contributed by atoms with Crippen molar-refractivity contribution in [3.63, 3.8) is 0 Å². The zero-order valence-electron chi connectivity index (χ0n) is 18.5. The second-order valence-electron chi connectivity index (χ2n) is 8.43. The quantitative estimate of drug-likeness (QED) is 0.562. The van der Waals surface area contributed by atoms with Crippen LogP contribution in [0, 0.1) is 0 Å². The molecule has 1 N–H and O–H groups in total. The van der Waals surface area contributed by atoms with Gasteiger partial charge in [-0.3, -0.25) is 4.79 Å². The van der Waals surface area contributed by atoms with E-state index in [1.54, 1.807) is 0 Å². The van der Waals surface area contributed by atoms with Gasteiger partial charge in [-0.1, -0.05) is 61.0 Å². The summed E-state index contributed by atoms with van der Waals surface area (Å²) >= 11 is 0. The van der Waals surface area contributed by atoms with E-state index >= 15 is 0 Å². The van der Waals surface area contributed by atoms with Gasteiger partial charge in [0.2, 0.25) is 5.91 Å². The number of fused-ring (bicyclic) bond motifs is 3. The second-order valence-corrected chi connectivity index (χ2v) is 10.7. The average Bonchev–Trinajstić information content (AvgIpc) is 3.18. The first-order valence-electron chi connectivity index (χ1n) is 11.0. The molecule has 0 saturated heterocycles. The third-order valence-corrected chi connectivity index (χ3v) is 6.72. The van der Waals surface area contributed by atoms with Crippen molar-refractivity contribution in [2.45, 2.75) is 39.0 Å². The Balaban J connectivity index is 1.49. The molecular formula is C25H28N2O4S. The van der Waals surface area contributed by atoms with Crippen LogP contribution in [0.15, 0.2) is 47.0 Å². The highest BCUT2D eigenvalue weighted by atomic mass is 32.2. The third-order valence-electron chi connectivity index (χ3n) is 5.77. The molecule has 2 aromatic carbocycles. The van der Waals surface area contributed by atoms with Crippen LogP contribution in [-0.4, -0.2) is 38.0 Å². The number of sulfone groups is 1. The number of nitrogens with one attached hydrogen (secondary N) is 1. The molecule has 3 aromatic rings. The fourth-order valence-corrected chi connectivity index (χ4v) is 4.64. The summed E-state index contributed by atoms with van der Waals surface area (Å²) in [7, 11) is -3.09. The van der Waals surface area contributed by atoms with Crippen LogP contribution in [0.3, 0.4) is 0 Å². The van der Waals surface area contributed by atoms with Crippen molar-refractivity contribution in [2.24, 2.45) is 0 Å². The van der Waals surface area contributed by atoms with Crippen molar-refractivity contribution >= 4 is 15.7 Å². The van der Waals surface area contributed by atoms with E-state index in [1.807, 2.05) is 18.2 Å². The van der Waals surface area contributed by atoms with E-state index in [0.29, 0.717) is 0 Å². The van der Waals surface area contributed by atoms with Crippen LogP contribution in [0.4, 0.5) is 0 Å². The molecule has 1 amide bonds. The van der Waals surface area contributed by atoms with Gasteiger partial charge < -0.3 is 9.84 Å². The minimum Gasteiger partial charge on any atom is -0.355 e. The number of amides is 1. The first kappa shape index (κ1) is 22.3. The van der Waals surface area contributed by atoms with Gasteiger partial charge in [0.1, 0.15) is 15.5 Å². The Morgan fingerprint density at radius 1 is 1.09 bits per heavy atom. The Labute approximate surface area is 188 Å². The van der Waals surface area contributed by atoms with Crippen molar-refractivity contribution < 1.29 is 17.7 Å². The van der Waals surface area contributed by atoms with E-state index in [-0.39, 0.29) is 24.6 Å². The van der Waals surface area contributed by atoms with E-state index in [9.17, 15) is 13.2 Å². The summed E-state index contributed by atoms with van der Waals surface area (Å²) < 4.78 is 28.2. The maximum absolute atomic E-state index is 12.2. The number of benzene rings is 2. The van der Waals surface area contributed by atoms with Gasteiger partial charge in [-0.25, -0.2) is 8.42 Å². The zero-order valence-corrected chi connectivity index (χ0v) is 19.3. The molecule has 0 saturated carbocycles. The van der Waals surface area contributed by atoms with E-state index in [4.69, 9.17) is 4.52 Å². The highest BCUT2D eigenvalue weighted by Crippen LogP contribution is 2.39. The van der Waals surface area contributed by atoms with Crippen LogP contribution < -0.4 is 5.32 Å². The predicted molar refractivity (Wildman–Crippen MR) is 125 cm³/mol. The van der Waals surface area contributed by atoms with E-state index < -0.39 is 9.84 Å². The standard InChI is InChI=1S/C25H28N2O4S/c1-3-4-17-5-8-19(9-6-17)25-22-12-10-20-15-18(7-11-21(20)24(22)27-31-25)16-23(28)26-13-14-32(2,29)30/h5-9,11,15H,3-4,10,12-14,16H2,1-2H3,(H,26,28). The number of rotatable bonds is 8. The molecule has 0 fully saturated rings. The summed E-state index contributed by atoms with van der Waals surface area (Å²) in [6.45, 7) is 2.31. The molecule has 4 rings (SSSR count). The van der Waals surface area contributed by atoms with Crippen molar-refractivity contribution in [3.8, 4) is 22.6 Å². The molecule has 6 nitrogen and oxygen atoms in total. The fourth-order valence-electron chi connectivity index (χ4n) is 4.17. The number of hydrogen-bond donors (Lipinski definition) is 1. The lowest BCUT2D eigenvalue weighted by atomic mass is 9.86. The largest absolute Gasteiger partial charge is 0.355 e. The number of aromatic nitrogens is 1. The van der Waals surface area contributed by atoms with Crippen molar-refractivity contribution in [2.75, 3.05) is 18.6 Å². The van der Waals surface area contributed by atoms with Gasteiger partial charge in [0.15, 0.2) is 5.76 Å². The molecule has 0 atom stereocenters. The van der Waals surface area contributed by atoms with Gasteiger partial charge in [-0.2, -0.15) is 0 Å². The third kappa shape index (κ3) is 5.10. The first-order valence-corrected chi connectivity index (χ1v) is 13.0. The van der Waals surface area contributed by atoms with Crippen LogP contribution >= 0.6 is 0 Å². The lowest BCUT2D eigenvalue weighted by molar-refractivity contribution is -0.120. The number of carbonyl (C=O) groups is 1. The van der Waals surface area contributed by atoms with Gasteiger partial charge >= 0.3 is 0 Å². The summed E-state index contributed by atoms with van der Waals surface area (Å²) in [5, 5.41) is 7.05. The molecule has 0 bridgehead atoms. The van der Waals surface area contributed by atoms with E-state index in [1.165, 1.54) is 5.56 Å². The molecule has 0 unspecified atom stereocenters. The van der Waals surface area contributed by atoms with Gasteiger partial charge in [-0.15, -0.1) is 0 Å². The minimum atomic E-state index is -3.09. The molecular weight excluding hydrogens is 424 g/mol. The lowest BCUT2D eigenvalue weighted by Gasteiger charge is -2.16. The Bertz CT molecular complexity index is 1230. The van der Waals surface area contributed by atoms with Gasteiger partial charge in [-0.05, 0) is 36.0 Å². The normalized spacial score (nSPS) is 12.8. The summed E-state index contributed by atoms with van der Waals surface area (Å²) in [5.74, 6) is 0.602.